The third-order valence-electron chi connectivity index (χ3n) is 1.05. The van der Waals surface area contributed by atoms with Crippen LogP contribution >= 0.6 is 11.3 Å². The fraction of sp³-hybridized carbons (Fsp3) is 0. The lowest BCUT2D eigenvalue weighted by atomic mass is 10.6. The van der Waals surface area contributed by atoms with Crippen LogP contribution in [0.15, 0.2) is 30.0 Å². The van der Waals surface area contributed by atoms with E-state index >= 15 is 0 Å². The summed E-state index contributed by atoms with van der Waals surface area (Å²) in [5.41, 5.74) is 0. The summed E-state index contributed by atoms with van der Waals surface area (Å²) in [7, 11) is 0. The molecule has 0 aliphatic carbocycles. The number of hydrogen-bond acceptors (Lipinski definition) is 4. The molecule has 3 nitrogen and oxygen atoms in total. The Labute approximate surface area is 62.0 Å². The van der Waals surface area contributed by atoms with Crippen molar-refractivity contribution in [2.24, 2.45) is 0 Å². The van der Waals surface area contributed by atoms with Gasteiger partial charge in [0.2, 0.25) is 0 Å². The molecule has 1 aromatic heterocycles. The van der Waals surface area contributed by atoms with Gasteiger partial charge in [0, 0.05) is 0 Å². The van der Waals surface area contributed by atoms with Gasteiger partial charge in [-0.15, -0.1) is 11.3 Å². The standard InChI is InChI=1S/C6H5NO2S/c1-2-6(10-5-1)7-8-3-4-9-7/h1-5H. The van der Waals surface area contributed by atoms with E-state index in [0.717, 1.165) is 5.00 Å². The Kier molecular flexibility index (Phi) is 1.25. The summed E-state index contributed by atoms with van der Waals surface area (Å²) < 4.78 is 0. The Hall–Kier alpha value is -1.16. The zero-order valence-corrected chi connectivity index (χ0v) is 5.88. The van der Waals surface area contributed by atoms with E-state index in [-0.39, 0.29) is 0 Å². The van der Waals surface area contributed by atoms with E-state index in [1.54, 1.807) is 11.3 Å². The van der Waals surface area contributed by atoms with Crippen LogP contribution in [-0.2, 0) is 9.68 Å². The molecule has 1 aliphatic rings. The first-order chi connectivity index (χ1) is 4.97. The van der Waals surface area contributed by atoms with E-state index in [1.165, 1.54) is 17.8 Å². The van der Waals surface area contributed by atoms with Gasteiger partial charge in [0.25, 0.3) is 0 Å². The molecule has 0 bridgehead atoms. The topological polar surface area (TPSA) is 21.7 Å². The van der Waals surface area contributed by atoms with Crippen molar-refractivity contribution in [3.05, 3.63) is 30.0 Å². The maximum atomic E-state index is 4.94. The van der Waals surface area contributed by atoms with E-state index in [0.29, 0.717) is 0 Å². The van der Waals surface area contributed by atoms with Crippen molar-refractivity contribution in [2.75, 3.05) is 5.23 Å². The minimum Gasteiger partial charge on any atom is -0.349 e. The van der Waals surface area contributed by atoms with Crippen molar-refractivity contribution < 1.29 is 9.68 Å². The van der Waals surface area contributed by atoms with Crippen molar-refractivity contribution >= 4 is 16.3 Å². The maximum Gasteiger partial charge on any atom is 0.171 e. The molecule has 0 amide bonds. The predicted molar refractivity (Wildman–Crippen MR) is 38.1 cm³/mol. The second kappa shape index (κ2) is 2.22. The highest BCUT2D eigenvalue weighted by Crippen LogP contribution is 2.23. The molecule has 0 radical (unpaired) electrons. The van der Waals surface area contributed by atoms with Crippen LogP contribution in [0.25, 0.3) is 0 Å². The van der Waals surface area contributed by atoms with E-state index in [1.807, 2.05) is 17.5 Å². The lowest BCUT2D eigenvalue weighted by Crippen LogP contribution is -2.12. The molecule has 52 valence electrons. The summed E-state index contributed by atoms with van der Waals surface area (Å²) in [6.07, 6.45) is 2.97. The molecule has 0 spiro atoms. The molecule has 1 aromatic rings. The fourth-order valence-corrected chi connectivity index (χ4v) is 1.29. The molecule has 0 fully saturated rings. The summed E-state index contributed by atoms with van der Waals surface area (Å²) in [5, 5.41) is 4.25. The first-order valence-electron chi connectivity index (χ1n) is 2.79. The van der Waals surface area contributed by atoms with Gasteiger partial charge in [-0.1, -0.05) is 0 Å². The van der Waals surface area contributed by atoms with Crippen molar-refractivity contribution in [1.82, 2.24) is 0 Å². The zero-order valence-electron chi connectivity index (χ0n) is 5.06. The summed E-state index contributed by atoms with van der Waals surface area (Å²) >= 11 is 1.56. The van der Waals surface area contributed by atoms with Crippen LogP contribution < -0.4 is 5.23 Å². The Bertz CT molecular complexity index is 224. The summed E-state index contributed by atoms with van der Waals surface area (Å²) in [6.45, 7) is 0. The van der Waals surface area contributed by atoms with Crippen molar-refractivity contribution in [1.29, 1.82) is 0 Å². The smallest absolute Gasteiger partial charge is 0.171 e. The van der Waals surface area contributed by atoms with Crippen LogP contribution in [-0.4, -0.2) is 0 Å². The molecule has 10 heavy (non-hydrogen) atoms. The van der Waals surface area contributed by atoms with Gasteiger partial charge in [0.15, 0.2) is 17.5 Å². The summed E-state index contributed by atoms with van der Waals surface area (Å²) in [4.78, 5) is 9.88. The molecule has 4 heteroatoms. The molecule has 2 heterocycles. The van der Waals surface area contributed by atoms with Crippen LogP contribution in [0.1, 0.15) is 0 Å². The Morgan fingerprint density at radius 1 is 1.30 bits per heavy atom. The van der Waals surface area contributed by atoms with Gasteiger partial charge in [0.05, 0.1) is 0 Å². The average molecular weight is 155 g/mol. The molecular weight excluding hydrogens is 150 g/mol. The molecule has 0 atom stereocenters. The predicted octanol–water partition coefficient (Wildman–Crippen LogP) is 1.90. The van der Waals surface area contributed by atoms with Crippen LogP contribution in [0.5, 0.6) is 0 Å². The highest BCUT2D eigenvalue weighted by Gasteiger charge is 2.10. The van der Waals surface area contributed by atoms with E-state index < -0.39 is 0 Å². The van der Waals surface area contributed by atoms with Crippen LogP contribution in [0.4, 0.5) is 5.00 Å². The largest absolute Gasteiger partial charge is 0.349 e. The van der Waals surface area contributed by atoms with Gasteiger partial charge in [-0.2, -0.15) is 0 Å². The Morgan fingerprint density at radius 3 is 2.70 bits per heavy atom. The first kappa shape index (κ1) is 5.61. The molecule has 0 saturated carbocycles. The van der Waals surface area contributed by atoms with E-state index in [2.05, 4.69) is 0 Å². The molecule has 0 saturated heterocycles. The second-order valence-corrected chi connectivity index (χ2v) is 2.62. The van der Waals surface area contributed by atoms with Crippen LogP contribution in [0, 0.1) is 0 Å². The van der Waals surface area contributed by atoms with Gasteiger partial charge in [-0.25, -0.2) is 0 Å². The lowest BCUT2D eigenvalue weighted by molar-refractivity contribution is 0.0471. The number of thiophene rings is 1. The summed E-state index contributed by atoms with van der Waals surface area (Å²) in [6, 6.07) is 3.85. The van der Waals surface area contributed by atoms with Gasteiger partial charge >= 0.3 is 0 Å². The minimum atomic E-state index is 0.935. The quantitative estimate of drug-likeness (QED) is 0.618. The Balaban J connectivity index is 2.14. The lowest BCUT2D eigenvalue weighted by Gasteiger charge is -2.10. The second-order valence-electron chi connectivity index (χ2n) is 1.69. The normalized spacial score (nSPS) is 15.0. The highest BCUT2D eigenvalue weighted by atomic mass is 32.1. The number of nitrogens with zero attached hydrogens (tertiary/aromatic N) is 1. The SMILES string of the molecule is C1=CON(c2cccs2)O1. The van der Waals surface area contributed by atoms with Gasteiger partial charge < -0.3 is 9.68 Å². The molecule has 1 aliphatic heterocycles. The van der Waals surface area contributed by atoms with Gasteiger partial charge in [-0.3, -0.25) is 0 Å². The van der Waals surface area contributed by atoms with Gasteiger partial charge in [0.1, 0.15) is 0 Å². The maximum absolute atomic E-state index is 4.94. The van der Waals surface area contributed by atoms with E-state index in [9.17, 15) is 0 Å². The van der Waals surface area contributed by atoms with Crippen molar-refractivity contribution in [3.8, 4) is 0 Å². The molecule has 2 rings (SSSR count). The molecular formula is C6H5NO2S. The average Bonchev–Trinajstić information content (AvgIpc) is 2.59. The first-order valence-corrected chi connectivity index (χ1v) is 3.67. The molecule has 0 unspecified atom stereocenters. The van der Waals surface area contributed by atoms with Crippen molar-refractivity contribution in [3.63, 3.8) is 0 Å². The highest BCUT2D eigenvalue weighted by molar-refractivity contribution is 7.14. The van der Waals surface area contributed by atoms with Crippen LogP contribution in [0.3, 0.4) is 0 Å². The number of rotatable bonds is 1. The number of anilines is 1. The minimum absolute atomic E-state index is 0.935. The monoisotopic (exact) mass is 155 g/mol. The number of hydrogen-bond donors (Lipinski definition) is 0. The van der Waals surface area contributed by atoms with Gasteiger partial charge in [-0.05, 0) is 22.7 Å². The molecule has 0 aromatic carbocycles. The Morgan fingerprint density at radius 2 is 2.10 bits per heavy atom. The third-order valence-corrected chi connectivity index (χ3v) is 1.87. The molecule has 0 N–H and O–H groups in total. The summed E-state index contributed by atoms with van der Waals surface area (Å²) in [5.74, 6) is 0. The fourth-order valence-electron chi connectivity index (χ4n) is 0.663. The van der Waals surface area contributed by atoms with Crippen molar-refractivity contribution in [2.45, 2.75) is 0 Å². The van der Waals surface area contributed by atoms with Crippen LogP contribution in [0.2, 0.25) is 0 Å². The third kappa shape index (κ3) is 0.823. The zero-order chi connectivity index (χ0) is 6.81. The van der Waals surface area contributed by atoms with E-state index in [4.69, 9.17) is 9.68 Å².